The maximum absolute atomic E-state index is 12.9. The van der Waals surface area contributed by atoms with E-state index in [0.29, 0.717) is 11.5 Å². The van der Waals surface area contributed by atoms with Crippen molar-refractivity contribution in [3.05, 3.63) is 59.2 Å². The van der Waals surface area contributed by atoms with Gasteiger partial charge in [-0.2, -0.15) is 13.2 Å². The highest BCUT2D eigenvalue weighted by atomic mass is 19.4. The van der Waals surface area contributed by atoms with Crippen LogP contribution in [-0.4, -0.2) is 45.3 Å². The van der Waals surface area contributed by atoms with E-state index in [1.807, 2.05) is 18.2 Å². The number of hydrogen-bond donors (Lipinski definition) is 1. The van der Waals surface area contributed by atoms with Gasteiger partial charge in [-0.3, -0.25) is 4.90 Å². The number of alkyl halides is 3. The summed E-state index contributed by atoms with van der Waals surface area (Å²) in [6, 6.07) is 10.9. The molecule has 0 radical (unpaired) electrons. The Hall–Kier alpha value is -2.25. The molecule has 27 heavy (non-hydrogen) atoms. The fraction of sp³-hybridized carbons (Fsp3) is 0.400. The molecule has 2 aromatic carbocycles. The van der Waals surface area contributed by atoms with Crippen molar-refractivity contribution in [3.63, 3.8) is 0 Å². The summed E-state index contributed by atoms with van der Waals surface area (Å²) in [6.07, 6.45) is -4.34. The van der Waals surface area contributed by atoms with Crippen molar-refractivity contribution in [2.45, 2.75) is 12.2 Å². The lowest BCUT2D eigenvalue weighted by molar-refractivity contribution is -0.137. The summed E-state index contributed by atoms with van der Waals surface area (Å²) in [6.45, 7) is 3.29. The predicted molar refractivity (Wildman–Crippen MR) is 97.3 cm³/mol. The first-order valence-electron chi connectivity index (χ1n) is 8.78. The molecule has 1 fully saturated rings. The van der Waals surface area contributed by atoms with Crippen LogP contribution in [0.15, 0.2) is 42.5 Å². The van der Waals surface area contributed by atoms with Gasteiger partial charge in [-0.05, 0) is 35.4 Å². The summed E-state index contributed by atoms with van der Waals surface area (Å²) in [7, 11) is 3.14. The van der Waals surface area contributed by atoms with Gasteiger partial charge < -0.3 is 14.8 Å². The number of benzene rings is 2. The van der Waals surface area contributed by atoms with Gasteiger partial charge in [0.1, 0.15) is 0 Å². The summed E-state index contributed by atoms with van der Waals surface area (Å²) in [5.74, 6) is 1.22. The van der Waals surface area contributed by atoms with Gasteiger partial charge in [-0.15, -0.1) is 0 Å². The number of rotatable bonds is 5. The van der Waals surface area contributed by atoms with Gasteiger partial charge in [0.05, 0.1) is 25.8 Å². The second-order valence-electron chi connectivity index (χ2n) is 6.42. The Morgan fingerprint density at radius 2 is 1.48 bits per heavy atom. The number of hydrogen-bond acceptors (Lipinski definition) is 4. The van der Waals surface area contributed by atoms with E-state index in [2.05, 4.69) is 10.2 Å². The minimum Gasteiger partial charge on any atom is -0.493 e. The molecule has 0 bridgehead atoms. The van der Waals surface area contributed by atoms with Crippen LogP contribution in [0.25, 0.3) is 0 Å². The number of nitrogens with one attached hydrogen (secondary N) is 1. The molecule has 1 aliphatic heterocycles. The van der Waals surface area contributed by atoms with Gasteiger partial charge in [0.15, 0.2) is 11.5 Å². The van der Waals surface area contributed by atoms with Crippen LogP contribution < -0.4 is 14.8 Å². The summed E-state index contributed by atoms with van der Waals surface area (Å²) in [5, 5.41) is 3.31. The zero-order valence-electron chi connectivity index (χ0n) is 15.3. The highest BCUT2D eigenvalue weighted by Gasteiger charge is 2.31. The van der Waals surface area contributed by atoms with Gasteiger partial charge >= 0.3 is 6.18 Å². The Kier molecular flexibility index (Phi) is 5.92. The zero-order chi connectivity index (χ0) is 19.4. The summed E-state index contributed by atoms with van der Waals surface area (Å²) < 4.78 is 49.5. The molecule has 0 saturated carbocycles. The highest BCUT2D eigenvalue weighted by molar-refractivity contribution is 5.46. The number of nitrogens with zero attached hydrogens (tertiary/aromatic N) is 1. The maximum Gasteiger partial charge on any atom is 0.416 e. The fourth-order valence-electron chi connectivity index (χ4n) is 3.43. The minimum atomic E-state index is -4.34. The van der Waals surface area contributed by atoms with Gasteiger partial charge in [0, 0.05) is 26.2 Å². The molecule has 0 spiro atoms. The molecule has 1 N–H and O–H groups in total. The first-order chi connectivity index (χ1) is 12.9. The smallest absolute Gasteiger partial charge is 0.416 e. The molecule has 1 heterocycles. The third-order valence-corrected chi connectivity index (χ3v) is 4.79. The maximum atomic E-state index is 12.9. The van der Waals surface area contributed by atoms with Crippen LogP contribution in [0.4, 0.5) is 13.2 Å². The Morgan fingerprint density at radius 3 is 2.04 bits per heavy atom. The van der Waals surface area contributed by atoms with E-state index in [1.54, 1.807) is 26.4 Å². The Balaban J connectivity index is 2.01. The average Bonchev–Trinajstić information content (AvgIpc) is 2.68. The van der Waals surface area contributed by atoms with Gasteiger partial charge in [0.2, 0.25) is 0 Å². The van der Waals surface area contributed by atoms with Crippen LogP contribution in [0.2, 0.25) is 0 Å². The first kappa shape index (κ1) is 19.5. The van der Waals surface area contributed by atoms with Crippen molar-refractivity contribution in [1.82, 2.24) is 10.2 Å². The number of piperazine rings is 1. The van der Waals surface area contributed by atoms with Crippen LogP contribution in [0, 0.1) is 0 Å². The molecule has 0 aromatic heterocycles. The minimum absolute atomic E-state index is 0.158. The lowest BCUT2D eigenvalue weighted by Gasteiger charge is -2.36. The highest BCUT2D eigenvalue weighted by Crippen LogP contribution is 2.36. The third-order valence-electron chi connectivity index (χ3n) is 4.79. The van der Waals surface area contributed by atoms with Crippen molar-refractivity contribution < 1.29 is 22.6 Å². The second-order valence-corrected chi connectivity index (χ2v) is 6.42. The van der Waals surface area contributed by atoms with E-state index >= 15 is 0 Å². The van der Waals surface area contributed by atoms with E-state index in [-0.39, 0.29) is 6.04 Å². The van der Waals surface area contributed by atoms with E-state index < -0.39 is 11.7 Å². The van der Waals surface area contributed by atoms with Crippen LogP contribution in [0.1, 0.15) is 22.7 Å². The summed E-state index contributed by atoms with van der Waals surface area (Å²) in [4.78, 5) is 2.26. The molecule has 0 amide bonds. The van der Waals surface area contributed by atoms with Crippen molar-refractivity contribution >= 4 is 0 Å². The fourth-order valence-corrected chi connectivity index (χ4v) is 3.43. The van der Waals surface area contributed by atoms with Crippen molar-refractivity contribution in [2.75, 3.05) is 40.4 Å². The Bertz CT molecular complexity index is 757. The van der Waals surface area contributed by atoms with Crippen LogP contribution in [0.5, 0.6) is 11.5 Å². The van der Waals surface area contributed by atoms with Gasteiger partial charge in [-0.1, -0.05) is 18.2 Å². The molecule has 0 aliphatic carbocycles. The molecular weight excluding hydrogens is 357 g/mol. The van der Waals surface area contributed by atoms with Crippen LogP contribution in [0.3, 0.4) is 0 Å². The number of halogens is 3. The predicted octanol–water partition coefficient (Wildman–Crippen LogP) is 3.72. The number of ether oxygens (including phenoxy) is 2. The normalized spacial score (nSPS) is 16.8. The Labute approximate surface area is 156 Å². The average molecular weight is 380 g/mol. The zero-order valence-corrected chi connectivity index (χ0v) is 15.3. The van der Waals surface area contributed by atoms with E-state index in [4.69, 9.17) is 9.47 Å². The summed E-state index contributed by atoms with van der Waals surface area (Å²) >= 11 is 0. The van der Waals surface area contributed by atoms with Gasteiger partial charge in [0.25, 0.3) is 0 Å². The topological polar surface area (TPSA) is 33.7 Å². The largest absolute Gasteiger partial charge is 0.493 e. The molecular formula is C20H23F3N2O2. The first-order valence-corrected chi connectivity index (χ1v) is 8.78. The molecule has 4 nitrogen and oxygen atoms in total. The van der Waals surface area contributed by atoms with Crippen molar-refractivity contribution in [1.29, 1.82) is 0 Å². The SMILES string of the molecule is COc1ccc(C(c2ccc(C(F)(F)F)cc2)N2CCNCC2)cc1OC. The van der Waals surface area contributed by atoms with E-state index in [1.165, 1.54) is 0 Å². The van der Waals surface area contributed by atoms with E-state index in [0.717, 1.165) is 49.4 Å². The number of methoxy groups -OCH3 is 2. The lowest BCUT2D eigenvalue weighted by Crippen LogP contribution is -2.45. The van der Waals surface area contributed by atoms with Crippen LogP contribution in [-0.2, 0) is 6.18 Å². The van der Waals surface area contributed by atoms with E-state index in [9.17, 15) is 13.2 Å². The monoisotopic (exact) mass is 380 g/mol. The lowest BCUT2D eigenvalue weighted by atomic mass is 9.95. The molecule has 1 unspecified atom stereocenters. The van der Waals surface area contributed by atoms with Crippen molar-refractivity contribution in [3.8, 4) is 11.5 Å². The Morgan fingerprint density at radius 1 is 0.889 bits per heavy atom. The molecule has 1 aliphatic rings. The van der Waals surface area contributed by atoms with Crippen LogP contribution >= 0.6 is 0 Å². The summed E-state index contributed by atoms with van der Waals surface area (Å²) in [5.41, 5.74) is 1.13. The standard InChI is InChI=1S/C20H23F3N2O2/c1-26-17-8-5-15(13-18(17)27-2)19(25-11-9-24-10-12-25)14-3-6-16(7-4-14)20(21,22)23/h3-8,13,19,24H,9-12H2,1-2H3. The molecule has 146 valence electrons. The molecule has 7 heteroatoms. The molecule has 2 aromatic rings. The molecule has 1 atom stereocenters. The third kappa shape index (κ3) is 4.36. The molecule has 3 rings (SSSR count). The van der Waals surface area contributed by atoms with Gasteiger partial charge in [-0.25, -0.2) is 0 Å². The second kappa shape index (κ2) is 8.19. The quantitative estimate of drug-likeness (QED) is 0.857. The van der Waals surface area contributed by atoms with Crippen molar-refractivity contribution in [2.24, 2.45) is 0 Å². The molecule has 1 saturated heterocycles.